The van der Waals surface area contributed by atoms with Crippen LogP contribution < -0.4 is 4.90 Å². The van der Waals surface area contributed by atoms with Crippen LogP contribution in [0.5, 0.6) is 0 Å². The summed E-state index contributed by atoms with van der Waals surface area (Å²) in [7, 11) is 1.77. The lowest BCUT2D eigenvalue weighted by Crippen LogP contribution is -2.55. The number of hydrogen-bond acceptors (Lipinski definition) is 5. The second-order valence-corrected chi connectivity index (χ2v) is 9.17. The van der Waals surface area contributed by atoms with Gasteiger partial charge in [0.15, 0.2) is 4.95 Å². The number of hydrogen-bond donors (Lipinski definition) is 1. The Kier molecular flexibility index (Phi) is 4.92. The summed E-state index contributed by atoms with van der Waals surface area (Å²) in [6.45, 7) is 0.470. The van der Waals surface area contributed by atoms with Crippen molar-refractivity contribution in [3.8, 4) is 0 Å². The van der Waals surface area contributed by atoms with Gasteiger partial charge in [0.05, 0.1) is 16.6 Å². The van der Waals surface area contributed by atoms with E-state index in [0.717, 1.165) is 12.1 Å². The van der Waals surface area contributed by atoms with E-state index in [1.807, 2.05) is 0 Å². The predicted octanol–water partition coefficient (Wildman–Crippen LogP) is 4.14. The second kappa shape index (κ2) is 6.94. The summed E-state index contributed by atoms with van der Waals surface area (Å²) >= 11 is 3.45. The normalized spacial score (nSPS) is 35.2. The van der Waals surface area contributed by atoms with Crippen molar-refractivity contribution in [1.29, 1.82) is 0 Å². The van der Waals surface area contributed by atoms with Gasteiger partial charge in [0.2, 0.25) is 5.91 Å². The number of carbonyl (C=O) groups is 1. The molecule has 3 aliphatic rings. The van der Waals surface area contributed by atoms with Gasteiger partial charge in [0.1, 0.15) is 6.04 Å². The van der Waals surface area contributed by atoms with Crippen molar-refractivity contribution in [3.63, 3.8) is 0 Å². The predicted molar refractivity (Wildman–Crippen MR) is 103 cm³/mol. The molecule has 1 aliphatic carbocycles. The fourth-order valence-corrected chi connectivity index (χ4v) is 5.77. The molecular weight excluding hydrogens is 453 g/mol. The van der Waals surface area contributed by atoms with Crippen molar-refractivity contribution in [2.24, 2.45) is 15.8 Å². The third-order valence-corrected chi connectivity index (χ3v) is 7.29. The fourth-order valence-electron chi connectivity index (χ4n) is 4.85. The standard InChI is InChI=1S/C19H22BrF3N4O2/c1-26-14(15(20)24-25-26)18(29)8-6-17(7-9-18)10-11-27(16(17)28)13-4-2-12(3-5-13)19(21,22)23/h2-5,14-15,29H,6-11H2,1H3/t14?,15?,17-,18+. The van der Waals surface area contributed by atoms with Crippen LogP contribution in [0.4, 0.5) is 18.9 Å². The quantitative estimate of drug-likeness (QED) is 0.517. The number of alkyl halides is 4. The fraction of sp³-hybridized carbons (Fsp3) is 0.632. The first kappa shape index (κ1) is 20.6. The molecule has 0 aromatic heterocycles. The van der Waals surface area contributed by atoms with E-state index in [0.29, 0.717) is 44.3 Å². The molecular formula is C19H22BrF3N4O2. The van der Waals surface area contributed by atoms with Crippen LogP contribution in [-0.2, 0) is 11.0 Å². The molecule has 1 spiro atoms. The van der Waals surface area contributed by atoms with E-state index in [-0.39, 0.29) is 16.9 Å². The third kappa shape index (κ3) is 3.43. The molecule has 2 fully saturated rings. The highest BCUT2D eigenvalue weighted by molar-refractivity contribution is 9.09. The summed E-state index contributed by atoms with van der Waals surface area (Å²) in [6.07, 6.45) is -1.81. The zero-order chi connectivity index (χ0) is 21.0. The van der Waals surface area contributed by atoms with Crippen LogP contribution in [0.1, 0.15) is 37.7 Å². The Morgan fingerprint density at radius 3 is 2.28 bits per heavy atom. The van der Waals surface area contributed by atoms with Gasteiger partial charge in [-0.25, -0.2) is 0 Å². The Hall–Kier alpha value is -1.68. The van der Waals surface area contributed by atoms with Crippen LogP contribution in [0.15, 0.2) is 34.6 Å². The van der Waals surface area contributed by atoms with Crippen molar-refractivity contribution in [3.05, 3.63) is 29.8 Å². The summed E-state index contributed by atoms with van der Waals surface area (Å²) in [5.41, 5.74) is -1.82. The average Bonchev–Trinajstić information content (AvgIpc) is 3.18. The highest BCUT2D eigenvalue weighted by Gasteiger charge is 2.56. The number of benzene rings is 1. The molecule has 10 heteroatoms. The minimum atomic E-state index is -4.40. The Balaban J connectivity index is 1.47. The lowest BCUT2D eigenvalue weighted by atomic mass is 9.65. The van der Waals surface area contributed by atoms with Gasteiger partial charge in [-0.05, 0) is 56.4 Å². The van der Waals surface area contributed by atoms with Gasteiger partial charge >= 0.3 is 6.18 Å². The lowest BCUT2D eigenvalue weighted by molar-refractivity contribution is -0.137. The molecule has 2 unspecified atom stereocenters. The van der Waals surface area contributed by atoms with Crippen LogP contribution in [0.2, 0.25) is 0 Å². The Labute approximate surface area is 174 Å². The number of rotatable bonds is 2. The van der Waals surface area contributed by atoms with Crippen molar-refractivity contribution in [1.82, 2.24) is 5.01 Å². The second-order valence-electron chi connectivity index (χ2n) is 8.23. The summed E-state index contributed by atoms with van der Waals surface area (Å²) in [6, 6.07) is 4.43. The van der Waals surface area contributed by atoms with E-state index in [2.05, 4.69) is 26.3 Å². The maximum atomic E-state index is 13.2. The summed E-state index contributed by atoms with van der Waals surface area (Å²) in [5, 5.41) is 20.9. The SMILES string of the molecule is CN1N=NC(Br)C1[C@]1(O)CC[C@]2(CCN(c3ccc(C(F)(F)F)cc3)C2=O)CC1. The molecule has 2 heterocycles. The number of carbonyl (C=O) groups excluding carboxylic acids is 1. The number of anilines is 1. The lowest BCUT2D eigenvalue weighted by Gasteiger charge is -2.45. The molecule has 158 valence electrons. The number of amides is 1. The molecule has 1 N–H and O–H groups in total. The van der Waals surface area contributed by atoms with Crippen LogP contribution in [0.3, 0.4) is 0 Å². The highest BCUT2D eigenvalue weighted by Crippen LogP contribution is 2.51. The molecule has 6 nitrogen and oxygen atoms in total. The van der Waals surface area contributed by atoms with E-state index < -0.39 is 22.8 Å². The number of halogens is 4. The topological polar surface area (TPSA) is 68.5 Å². The molecule has 29 heavy (non-hydrogen) atoms. The molecule has 1 saturated carbocycles. The Morgan fingerprint density at radius 2 is 1.76 bits per heavy atom. The van der Waals surface area contributed by atoms with Gasteiger partial charge in [-0.1, -0.05) is 21.2 Å². The van der Waals surface area contributed by atoms with E-state index >= 15 is 0 Å². The molecule has 1 aromatic carbocycles. The van der Waals surface area contributed by atoms with Crippen molar-refractivity contribution >= 4 is 27.5 Å². The first-order chi connectivity index (χ1) is 13.6. The van der Waals surface area contributed by atoms with Crippen LogP contribution in [0.25, 0.3) is 0 Å². The molecule has 1 amide bonds. The Bertz CT molecular complexity index is 810. The number of likely N-dealkylation sites (N-methyl/N-ethyl adjacent to an activating group) is 1. The van der Waals surface area contributed by atoms with Gasteiger partial charge in [-0.15, -0.1) is 0 Å². The van der Waals surface area contributed by atoms with Crippen LogP contribution >= 0.6 is 15.9 Å². The van der Waals surface area contributed by atoms with Gasteiger partial charge in [-0.3, -0.25) is 9.80 Å². The molecule has 0 bridgehead atoms. The first-order valence-corrected chi connectivity index (χ1v) is 10.5. The third-order valence-electron chi connectivity index (χ3n) is 6.61. The zero-order valence-corrected chi connectivity index (χ0v) is 17.4. The average molecular weight is 475 g/mol. The van der Waals surface area contributed by atoms with Crippen molar-refractivity contribution in [2.75, 3.05) is 18.5 Å². The van der Waals surface area contributed by atoms with Gasteiger partial charge in [0, 0.05) is 19.3 Å². The molecule has 2 aliphatic heterocycles. The molecule has 0 radical (unpaired) electrons. The van der Waals surface area contributed by atoms with E-state index in [9.17, 15) is 23.1 Å². The van der Waals surface area contributed by atoms with E-state index in [4.69, 9.17) is 0 Å². The highest BCUT2D eigenvalue weighted by atomic mass is 79.9. The molecule has 1 saturated heterocycles. The van der Waals surface area contributed by atoms with E-state index in [1.54, 1.807) is 17.0 Å². The van der Waals surface area contributed by atoms with Crippen LogP contribution in [-0.4, -0.2) is 46.2 Å². The first-order valence-electron chi connectivity index (χ1n) is 9.55. The molecule has 1 aromatic rings. The van der Waals surface area contributed by atoms with E-state index in [1.165, 1.54) is 12.1 Å². The minimum Gasteiger partial charge on any atom is -0.388 e. The van der Waals surface area contributed by atoms with Gasteiger partial charge < -0.3 is 10.0 Å². The van der Waals surface area contributed by atoms with Crippen molar-refractivity contribution < 1.29 is 23.1 Å². The summed E-state index contributed by atoms with van der Waals surface area (Å²) in [4.78, 5) is 14.5. The minimum absolute atomic E-state index is 0.0659. The van der Waals surface area contributed by atoms with Crippen molar-refractivity contribution in [2.45, 2.75) is 54.9 Å². The summed E-state index contributed by atoms with van der Waals surface area (Å²) in [5.74, 6) is -0.0659. The van der Waals surface area contributed by atoms with Gasteiger partial charge in [-0.2, -0.15) is 18.3 Å². The monoisotopic (exact) mass is 474 g/mol. The van der Waals surface area contributed by atoms with Crippen LogP contribution in [0, 0.1) is 5.41 Å². The number of aliphatic hydroxyl groups is 1. The smallest absolute Gasteiger partial charge is 0.388 e. The maximum absolute atomic E-state index is 13.2. The zero-order valence-electron chi connectivity index (χ0n) is 15.9. The number of nitrogens with zero attached hydrogens (tertiary/aromatic N) is 4. The summed E-state index contributed by atoms with van der Waals surface area (Å²) < 4.78 is 38.4. The van der Waals surface area contributed by atoms with Gasteiger partial charge in [0.25, 0.3) is 0 Å². The largest absolute Gasteiger partial charge is 0.416 e. The molecule has 4 rings (SSSR count). The maximum Gasteiger partial charge on any atom is 0.416 e. The Morgan fingerprint density at radius 1 is 1.14 bits per heavy atom. The molecule has 2 atom stereocenters.